The van der Waals surface area contributed by atoms with Crippen molar-refractivity contribution in [2.75, 3.05) is 0 Å². The van der Waals surface area contributed by atoms with E-state index < -0.39 is 5.60 Å². The van der Waals surface area contributed by atoms with Gasteiger partial charge in [-0.2, -0.15) is 0 Å². The van der Waals surface area contributed by atoms with E-state index in [0.717, 1.165) is 25.7 Å². The van der Waals surface area contributed by atoms with Crippen molar-refractivity contribution in [2.45, 2.75) is 50.7 Å². The maximum atomic E-state index is 11.2. The van der Waals surface area contributed by atoms with Crippen LogP contribution in [0.25, 0.3) is 0 Å². The first-order valence-electron chi connectivity index (χ1n) is 5.01. The predicted molar refractivity (Wildman–Crippen MR) is 47.1 cm³/mol. The Kier molecular flexibility index (Phi) is 2.06. The van der Waals surface area contributed by atoms with Crippen LogP contribution in [0.4, 0.5) is 0 Å². The molecule has 2 rings (SSSR count). The number of aliphatic hydroxyl groups is 1. The number of carbonyl (C=O) groups excluding carboxylic acids is 1. The molecule has 0 aromatic heterocycles. The van der Waals surface area contributed by atoms with Crippen molar-refractivity contribution in [3.05, 3.63) is 0 Å². The smallest absolute Gasteiger partial charge is 0.308 e. The van der Waals surface area contributed by atoms with Crippen LogP contribution in [0.15, 0.2) is 0 Å². The quantitative estimate of drug-likeness (QED) is 0.576. The zero-order valence-corrected chi connectivity index (χ0v) is 7.95. The second kappa shape index (κ2) is 2.98. The Hall–Kier alpha value is -0.570. The van der Waals surface area contributed by atoms with Crippen molar-refractivity contribution >= 4 is 5.97 Å². The van der Waals surface area contributed by atoms with E-state index in [4.69, 9.17) is 4.74 Å². The molecule has 0 bridgehead atoms. The van der Waals surface area contributed by atoms with Crippen molar-refractivity contribution in [3.63, 3.8) is 0 Å². The second-order valence-corrected chi connectivity index (χ2v) is 4.45. The number of hydrogen-bond acceptors (Lipinski definition) is 3. The molecule has 1 heterocycles. The van der Waals surface area contributed by atoms with Gasteiger partial charge in [0, 0.05) is 5.92 Å². The molecule has 0 radical (unpaired) electrons. The van der Waals surface area contributed by atoms with Crippen molar-refractivity contribution in [3.8, 4) is 0 Å². The average molecular weight is 184 g/mol. The lowest BCUT2D eigenvalue weighted by atomic mass is 9.73. The normalized spacial score (nSPS) is 45.2. The van der Waals surface area contributed by atoms with Gasteiger partial charge in [-0.15, -0.1) is 0 Å². The Balaban J connectivity index is 2.17. The van der Waals surface area contributed by atoms with Gasteiger partial charge >= 0.3 is 5.97 Å². The molecule has 13 heavy (non-hydrogen) atoms. The van der Waals surface area contributed by atoms with Crippen LogP contribution < -0.4 is 0 Å². The maximum Gasteiger partial charge on any atom is 0.308 e. The van der Waals surface area contributed by atoms with Gasteiger partial charge in [0.15, 0.2) is 0 Å². The van der Waals surface area contributed by atoms with E-state index in [1.807, 2.05) is 0 Å². The van der Waals surface area contributed by atoms with Crippen LogP contribution >= 0.6 is 0 Å². The van der Waals surface area contributed by atoms with Crippen molar-refractivity contribution in [1.29, 1.82) is 0 Å². The Morgan fingerprint density at radius 3 is 2.92 bits per heavy atom. The average Bonchev–Trinajstić information content (AvgIpc) is 2.02. The van der Waals surface area contributed by atoms with Crippen molar-refractivity contribution in [1.82, 2.24) is 0 Å². The molecule has 3 atom stereocenters. The van der Waals surface area contributed by atoms with E-state index in [1.165, 1.54) is 0 Å². The standard InChI is InChI=1S/C10H16O3/c1-10(12)6-9(11)13-8-5-3-2-4-7(8)10/h7-8,12H,2-6H2,1H3. The molecule has 0 spiro atoms. The molecular formula is C10H16O3. The van der Waals surface area contributed by atoms with Gasteiger partial charge in [-0.05, 0) is 26.2 Å². The van der Waals surface area contributed by atoms with E-state index >= 15 is 0 Å². The lowest BCUT2D eigenvalue weighted by molar-refractivity contribution is -0.186. The number of esters is 1. The molecule has 0 aromatic carbocycles. The molecule has 0 amide bonds. The van der Waals surface area contributed by atoms with Gasteiger partial charge in [0.1, 0.15) is 6.10 Å². The van der Waals surface area contributed by atoms with E-state index in [9.17, 15) is 9.90 Å². The van der Waals surface area contributed by atoms with Gasteiger partial charge in [0.2, 0.25) is 0 Å². The monoisotopic (exact) mass is 184 g/mol. The Morgan fingerprint density at radius 1 is 1.46 bits per heavy atom. The first-order chi connectivity index (χ1) is 6.09. The summed E-state index contributed by atoms with van der Waals surface area (Å²) in [6, 6.07) is 0. The van der Waals surface area contributed by atoms with Crippen LogP contribution in [0, 0.1) is 5.92 Å². The Morgan fingerprint density at radius 2 is 2.15 bits per heavy atom. The minimum Gasteiger partial charge on any atom is -0.462 e. The fraction of sp³-hybridized carbons (Fsp3) is 0.900. The molecule has 1 aliphatic carbocycles. The van der Waals surface area contributed by atoms with Gasteiger partial charge in [-0.25, -0.2) is 0 Å². The van der Waals surface area contributed by atoms with E-state index in [2.05, 4.69) is 0 Å². The summed E-state index contributed by atoms with van der Waals surface area (Å²) in [5, 5.41) is 10.0. The summed E-state index contributed by atoms with van der Waals surface area (Å²) in [6.45, 7) is 1.76. The second-order valence-electron chi connectivity index (χ2n) is 4.45. The van der Waals surface area contributed by atoms with E-state index in [-0.39, 0.29) is 24.4 Å². The Labute approximate surface area is 78.1 Å². The highest BCUT2D eigenvalue weighted by atomic mass is 16.5. The zero-order chi connectivity index (χ0) is 9.47. The van der Waals surface area contributed by atoms with E-state index in [0.29, 0.717) is 0 Å². The molecule has 1 aliphatic heterocycles. The third-order valence-corrected chi connectivity index (χ3v) is 3.29. The van der Waals surface area contributed by atoms with Gasteiger partial charge in [0.05, 0.1) is 12.0 Å². The molecule has 1 N–H and O–H groups in total. The van der Waals surface area contributed by atoms with Crippen LogP contribution in [-0.4, -0.2) is 22.8 Å². The highest BCUT2D eigenvalue weighted by molar-refractivity contribution is 5.72. The molecule has 2 fully saturated rings. The van der Waals surface area contributed by atoms with Crippen LogP contribution in [0.2, 0.25) is 0 Å². The molecule has 1 saturated carbocycles. The number of ether oxygens (including phenoxy) is 1. The largest absolute Gasteiger partial charge is 0.462 e. The molecule has 0 aromatic rings. The predicted octanol–water partition coefficient (Wildman–Crippen LogP) is 1.24. The maximum absolute atomic E-state index is 11.2. The summed E-state index contributed by atoms with van der Waals surface area (Å²) < 4.78 is 5.23. The molecule has 74 valence electrons. The first kappa shape index (κ1) is 9.00. The summed E-state index contributed by atoms with van der Waals surface area (Å²) in [7, 11) is 0. The summed E-state index contributed by atoms with van der Waals surface area (Å²) in [4.78, 5) is 11.2. The molecule has 2 aliphatic rings. The minimum atomic E-state index is -0.833. The third-order valence-electron chi connectivity index (χ3n) is 3.29. The molecule has 3 unspecified atom stereocenters. The number of hydrogen-bond donors (Lipinski definition) is 1. The van der Waals surface area contributed by atoms with Gasteiger partial charge < -0.3 is 9.84 Å². The van der Waals surface area contributed by atoms with Gasteiger partial charge in [-0.3, -0.25) is 4.79 Å². The number of fused-ring (bicyclic) bond motifs is 1. The lowest BCUT2D eigenvalue weighted by Gasteiger charge is -2.44. The van der Waals surface area contributed by atoms with Crippen LogP contribution in [0.3, 0.4) is 0 Å². The number of carbonyl (C=O) groups is 1. The topological polar surface area (TPSA) is 46.5 Å². The molecule has 3 heteroatoms. The van der Waals surface area contributed by atoms with Crippen LogP contribution in [0.1, 0.15) is 39.0 Å². The Bertz CT molecular complexity index is 222. The minimum absolute atomic E-state index is 0.0231. The van der Waals surface area contributed by atoms with Gasteiger partial charge in [-0.1, -0.05) is 6.42 Å². The van der Waals surface area contributed by atoms with Crippen molar-refractivity contribution < 1.29 is 14.6 Å². The van der Waals surface area contributed by atoms with Crippen LogP contribution in [-0.2, 0) is 9.53 Å². The molecule has 3 nitrogen and oxygen atoms in total. The fourth-order valence-corrected chi connectivity index (χ4v) is 2.58. The van der Waals surface area contributed by atoms with Crippen molar-refractivity contribution in [2.24, 2.45) is 5.92 Å². The summed E-state index contributed by atoms with van der Waals surface area (Å²) in [5.74, 6) is -0.0768. The summed E-state index contributed by atoms with van der Waals surface area (Å²) in [6.07, 6.45) is 4.32. The SMILES string of the molecule is CC1(O)CC(=O)OC2CCCCC21. The zero-order valence-electron chi connectivity index (χ0n) is 7.95. The van der Waals surface area contributed by atoms with Gasteiger partial charge in [0.25, 0.3) is 0 Å². The van der Waals surface area contributed by atoms with E-state index in [1.54, 1.807) is 6.92 Å². The molecule has 1 saturated heterocycles. The highest BCUT2D eigenvalue weighted by Crippen LogP contribution is 2.40. The first-order valence-corrected chi connectivity index (χ1v) is 5.01. The third kappa shape index (κ3) is 1.57. The summed E-state index contributed by atoms with van der Waals surface area (Å²) >= 11 is 0. The number of rotatable bonds is 0. The molecular weight excluding hydrogens is 168 g/mol. The van der Waals surface area contributed by atoms with Crippen LogP contribution in [0.5, 0.6) is 0 Å². The lowest BCUT2D eigenvalue weighted by Crippen LogP contribution is -2.51. The highest BCUT2D eigenvalue weighted by Gasteiger charge is 2.46. The fourth-order valence-electron chi connectivity index (χ4n) is 2.58. The summed E-state index contributed by atoms with van der Waals surface area (Å²) in [5.41, 5.74) is -0.833.